The van der Waals surface area contributed by atoms with E-state index < -0.39 is 6.09 Å². The number of hydrogen-bond donors (Lipinski definition) is 1. The van der Waals surface area contributed by atoms with Gasteiger partial charge in [0.05, 0.1) is 24.5 Å². The maximum absolute atomic E-state index is 12.3. The molecule has 7 heteroatoms. The van der Waals surface area contributed by atoms with Crippen LogP contribution >= 0.6 is 0 Å². The third-order valence-electron chi connectivity index (χ3n) is 3.74. The van der Waals surface area contributed by atoms with Crippen molar-refractivity contribution >= 4 is 23.4 Å². The van der Waals surface area contributed by atoms with Gasteiger partial charge in [0.2, 0.25) is 0 Å². The van der Waals surface area contributed by atoms with E-state index in [9.17, 15) is 9.59 Å². The van der Waals surface area contributed by atoms with Gasteiger partial charge < -0.3 is 19.5 Å². The van der Waals surface area contributed by atoms with Gasteiger partial charge in [-0.05, 0) is 31.2 Å². The first kappa shape index (κ1) is 17.6. The lowest BCUT2D eigenvalue weighted by Crippen LogP contribution is -2.26. The van der Waals surface area contributed by atoms with E-state index in [1.54, 1.807) is 36.4 Å². The second-order valence-corrected chi connectivity index (χ2v) is 5.50. The Labute approximate surface area is 151 Å². The van der Waals surface area contributed by atoms with Crippen molar-refractivity contribution in [3.63, 3.8) is 0 Å². The first-order valence-electron chi connectivity index (χ1n) is 8.37. The second-order valence-electron chi connectivity index (χ2n) is 5.50. The molecule has 7 nitrogen and oxygen atoms in total. The van der Waals surface area contributed by atoms with Gasteiger partial charge in [0, 0.05) is 0 Å². The highest BCUT2D eigenvalue weighted by atomic mass is 16.6. The number of para-hydroxylation sites is 4. The highest BCUT2D eigenvalue weighted by Crippen LogP contribution is 2.29. The Bertz CT molecular complexity index is 793. The van der Waals surface area contributed by atoms with E-state index in [-0.39, 0.29) is 12.5 Å². The third-order valence-corrected chi connectivity index (χ3v) is 3.74. The quantitative estimate of drug-likeness (QED) is 0.825. The van der Waals surface area contributed by atoms with Crippen LogP contribution in [0.3, 0.4) is 0 Å². The molecule has 2 amide bonds. The second kappa shape index (κ2) is 8.24. The molecule has 3 rings (SSSR count). The summed E-state index contributed by atoms with van der Waals surface area (Å²) in [4.78, 5) is 25.6. The molecular weight excluding hydrogens is 336 g/mol. The normalized spacial score (nSPS) is 13.3. The minimum Gasteiger partial charge on any atom is -0.490 e. The first-order chi connectivity index (χ1) is 12.7. The zero-order chi connectivity index (χ0) is 18.4. The van der Waals surface area contributed by atoms with Crippen LogP contribution in [0.1, 0.15) is 6.92 Å². The van der Waals surface area contributed by atoms with Gasteiger partial charge in [0.25, 0.3) is 5.91 Å². The van der Waals surface area contributed by atoms with E-state index in [4.69, 9.17) is 14.2 Å². The fourth-order valence-electron chi connectivity index (χ4n) is 2.60. The lowest BCUT2D eigenvalue weighted by atomic mass is 10.2. The number of anilines is 2. The van der Waals surface area contributed by atoms with Crippen molar-refractivity contribution in [3.8, 4) is 11.5 Å². The molecule has 1 aliphatic rings. The maximum atomic E-state index is 12.3. The summed E-state index contributed by atoms with van der Waals surface area (Å²) in [5.41, 5.74) is 1.12. The molecule has 26 heavy (non-hydrogen) atoms. The number of ether oxygens (including phenoxy) is 3. The molecule has 1 N–H and O–H groups in total. The van der Waals surface area contributed by atoms with Gasteiger partial charge in [-0.25, -0.2) is 4.79 Å². The molecule has 0 aliphatic carbocycles. The summed E-state index contributed by atoms with van der Waals surface area (Å²) in [5.74, 6) is 0.750. The largest absolute Gasteiger partial charge is 0.490 e. The Balaban J connectivity index is 1.65. The summed E-state index contributed by atoms with van der Waals surface area (Å²) in [7, 11) is 0. The minimum absolute atomic E-state index is 0.178. The third kappa shape index (κ3) is 4.05. The summed E-state index contributed by atoms with van der Waals surface area (Å²) < 4.78 is 16.0. The number of hydrogen-bond acceptors (Lipinski definition) is 5. The zero-order valence-electron chi connectivity index (χ0n) is 14.4. The van der Waals surface area contributed by atoms with Crippen LogP contribution in [0.15, 0.2) is 48.5 Å². The molecule has 0 aromatic heterocycles. The van der Waals surface area contributed by atoms with Gasteiger partial charge >= 0.3 is 6.09 Å². The molecule has 0 spiro atoms. The van der Waals surface area contributed by atoms with Crippen molar-refractivity contribution in [2.75, 3.05) is 36.6 Å². The maximum Gasteiger partial charge on any atom is 0.414 e. The Hall–Kier alpha value is -3.22. The van der Waals surface area contributed by atoms with Gasteiger partial charge in [-0.2, -0.15) is 0 Å². The number of carbonyl (C=O) groups excluding carboxylic acids is 2. The Morgan fingerprint density at radius 2 is 1.81 bits per heavy atom. The Kier molecular flexibility index (Phi) is 5.58. The number of carbonyl (C=O) groups is 2. The number of cyclic esters (lactones) is 1. The highest BCUT2D eigenvalue weighted by Gasteiger charge is 2.25. The smallest absolute Gasteiger partial charge is 0.414 e. The molecule has 0 radical (unpaired) electrons. The van der Waals surface area contributed by atoms with Crippen molar-refractivity contribution < 1.29 is 23.8 Å². The van der Waals surface area contributed by atoms with Gasteiger partial charge in [-0.3, -0.25) is 9.69 Å². The van der Waals surface area contributed by atoms with Crippen LogP contribution in [0.2, 0.25) is 0 Å². The summed E-state index contributed by atoms with van der Waals surface area (Å²) in [6.45, 7) is 2.99. The molecule has 1 heterocycles. The van der Waals surface area contributed by atoms with Crippen LogP contribution < -0.4 is 19.7 Å². The summed E-state index contributed by atoms with van der Waals surface area (Å²) in [5, 5.41) is 2.78. The standard InChI is InChI=1S/C19H20N2O5/c1-2-24-16-9-5-6-10-17(16)26-13-18(22)20-14-7-3-4-8-15(14)21-11-12-25-19(21)23/h3-10H,2,11-13H2,1H3,(H,20,22). The van der Waals surface area contributed by atoms with Gasteiger partial charge in [-0.1, -0.05) is 24.3 Å². The average Bonchev–Trinajstić information content (AvgIpc) is 3.07. The number of nitrogens with one attached hydrogen (secondary N) is 1. The molecule has 0 bridgehead atoms. The predicted octanol–water partition coefficient (Wildman–Crippen LogP) is 3.06. The van der Waals surface area contributed by atoms with Crippen LogP contribution in [0.25, 0.3) is 0 Å². The molecule has 2 aromatic carbocycles. The Morgan fingerprint density at radius 3 is 2.50 bits per heavy atom. The predicted molar refractivity (Wildman–Crippen MR) is 96.9 cm³/mol. The molecule has 136 valence electrons. The van der Waals surface area contributed by atoms with E-state index in [1.807, 2.05) is 19.1 Å². The number of benzene rings is 2. The van der Waals surface area contributed by atoms with Crippen molar-refractivity contribution in [2.24, 2.45) is 0 Å². The fraction of sp³-hybridized carbons (Fsp3) is 0.263. The highest BCUT2D eigenvalue weighted by molar-refractivity contribution is 6.00. The van der Waals surface area contributed by atoms with Crippen LogP contribution in [0.5, 0.6) is 11.5 Å². The van der Waals surface area contributed by atoms with Crippen LogP contribution in [0, 0.1) is 0 Å². The van der Waals surface area contributed by atoms with Crippen molar-refractivity contribution in [1.29, 1.82) is 0 Å². The van der Waals surface area contributed by atoms with E-state index in [0.29, 0.717) is 42.6 Å². The van der Waals surface area contributed by atoms with Crippen molar-refractivity contribution in [3.05, 3.63) is 48.5 Å². The van der Waals surface area contributed by atoms with Gasteiger partial charge in [-0.15, -0.1) is 0 Å². The topological polar surface area (TPSA) is 77.1 Å². The lowest BCUT2D eigenvalue weighted by Gasteiger charge is -2.18. The lowest BCUT2D eigenvalue weighted by molar-refractivity contribution is -0.118. The molecule has 1 fully saturated rings. The van der Waals surface area contributed by atoms with E-state index in [0.717, 1.165) is 0 Å². The first-order valence-corrected chi connectivity index (χ1v) is 8.37. The van der Waals surface area contributed by atoms with Crippen LogP contribution in [0.4, 0.5) is 16.2 Å². The molecule has 0 atom stereocenters. The molecule has 0 saturated carbocycles. The van der Waals surface area contributed by atoms with Crippen LogP contribution in [-0.4, -0.2) is 38.4 Å². The van der Waals surface area contributed by atoms with Crippen molar-refractivity contribution in [1.82, 2.24) is 0 Å². The van der Waals surface area contributed by atoms with E-state index in [2.05, 4.69) is 5.32 Å². The monoisotopic (exact) mass is 356 g/mol. The number of nitrogens with zero attached hydrogens (tertiary/aromatic N) is 1. The summed E-state index contributed by atoms with van der Waals surface area (Å²) in [6.07, 6.45) is -0.423. The Morgan fingerprint density at radius 1 is 1.12 bits per heavy atom. The molecule has 1 aliphatic heterocycles. The number of rotatable bonds is 7. The van der Waals surface area contributed by atoms with E-state index >= 15 is 0 Å². The molecule has 2 aromatic rings. The zero-order valence-corrected chi connectivity index (χ0v) is 14.4. The van der Waals surface area contributed by atoms with Crippen LogP contribution in [-0.2, 0) is 9.53 Å². The molecular formula is C19H20N2O5. The van der Waals surface area contributed by atoms with Gasteiger partial charge in [0.1, 0.15) is 6.61 Å². The molecule has 0 unspecified atom stereocenters. The summed E-state index contributed by atoms with van der Waals surface area (Å²) >= 11 is 0. The van der Waals surface area contributed by atoms with E-state index in [1.165, 1.54) is 4.90 Å². The average molecular weight is 356 g/mol. The SMILES string of the molecule is CCOc1ccccc1OCC(=O)Nc1ccccc1N1CCOC1=O. The molecule has 1 saturated heterocycles. The van der Waals surface area contributed by atoms with Gasteiger partial charge in [0.15, 0.2) is 18.1 Å². The van der Waals surface area contributed by atoms with Crippen molar-refractivity contribution in [2.45, 2.75) is 6.92 Å². The minimum atomic E-state index is -0.423. The number of amides is 2. The summed E-state index contributed by atoms with van der Waals surface area (Å²) in [6, 6.07) is 14.2. The fourth-order valence-corrected chi connectivity index (χ4v) is 2.60.